The van der Waals surface area contributed by atoms with Crippen molar-refractivity contribution in [2.24, 2.45) is 0 Å². The van der Waals surface area contributed by atoms with Gasteiger partial charge < -0.3 is 9.72 Å². The lowest BCUT2D eigenvalue weighted by atomic mass is 10.2. The largest absolute Gasteiger partial charge is 0.322 e. The summed E-state index contributed by atoms with van der Waals surface area (Å²) in [5, 5.41) is 2.73. The lowest BCUT2D eigenvalue weighted by Gasteiger charge is -2.08. The van der Waals surface area contributed by atoms with Gasteiger partial charge in [0, 0.05) is 24.5 Å². The summed E-state index contributed by atoms with van der Waals surface area (Å²) in [7, 11) is -3.91. The fraction of sp³-hybridized carbons (Fsp3) is 0.211. The number of rotatable bonds is 5. The number of imidazole rings is 1. The molecule has 0 radical (unpaired) electrons. The number of benzene rings is 1. The van der Waals surface area contributed by atoms with Gasteiger partial charge in [0.05, 0.1) is 16.2 Å². The molecule has 0 saturated carbocycles. The molecule has 0 spiro atoms. The van der Waals surface area contributed by atoms with Crippen molar-refractivity contribution < 1.29 is 18.0 Å². The first-order valence-electron chi connectivity index (χ1n) is 8.63. The van der Waals surface area contributed by atoms with E-state index < -0.39 is 15.9 Å². The fourth-order valence-electron chi connectivity index (χ4n) is 2.85. The van der Waals surface area contributed by atoms with Gasteiger partial charge in [-0.25, -0.2) is 18.1 Å². The Morgan fingerprint density at radius 2 is 1.79 bits per heavy atom. The zero-order valence-electron chi connectivity index (χ0n) is 15.7. The van der Waals surface area contributed by atoms with E-state index in [4.69, 9.17) is 0 Å². The SMILES string of the molecule is CCc1nc2ccc(C(=O)Nc3ccc(S(=O)(=O)NC(C)=O)cc3)cn2c1C. The van der Waals surface area contributed by atoms with E-state index in [9.17, 15) is 18.0 Å². The normalized spacial score (nSPS) is 11.4. The van der Waals surface area contributed by atoms with Crippen LogP contribution in [0, 0.1) is 6.92 Å². The first-order chi connectivity index (χ1) is 13.2. The molecular formula is C19H20N4O4S. The van der Waals surface area contributed by atoms with Crippen LogP contribution in [0.15, 0.2) is 47.5 Å². The molecule has 3 rings (SSSR count). The van der Waals surface area contributed by atoms with E-state index in [2.05, 4.69) is 10.3 Å². The summed E-state index contributed by atoms with van der Waals surface area (Å²) in [6, 6.07) is 9.02. The Morgan fingerprint density at radius 1 is 1.11 bits per heavy atom. The van der Waals surface area contributed by atoms with Crippen molar-refractivity contribution in [1.82, 2.24) is 14.1 Å². The number of pyridine rings is 1. The number of fused-ring (bicyclic) bond motifs is 1. The van der Waals surface area contributed by atoms with Crippen LogP contribution in [0.2, 0.25) is 0 Å². The third-order valence-corrected chi connectivity index (χ3v) is 5.70. The van der Waals surface area contributed by atoms with Gasteiger partial charge in [0.15, 0.2) is 0 Å². The van der Waals surface area contributed by atoms with E-state index in [0.717, 1.165) is 30.4 Å². The van der Waals surface area contributed by atoms with Gasteiger partial charge >= 0.3 is 0 Å². The van der Waals surface area contributed by atoms with E-state index in [1.807, 2.05) is 23.0 Å². The van der Waals surface area contributed by atoms with Crippen molar-refractivity contribution in [3.05, 3.63) is 59.5 Å². The molecule has 0 aliphatic carbocycles. The van der Waals surface area contributed by atoms with Gasteiger partial charge in [-0.3, -0.25) is 9.59 Å². The number of nitrogens with one attached hydrogen (secondary N) is 2. The molecule has 2 heterocycles. The highest BCUT2D eigenvalue weighted by atomic mass is 32.2. The maximum atomic E-state index is 12.6. The van der Waals surface area contributed by atoms with Crippen LogP contribution < -0.4 is 10.0 Å². The quantitative estimate of drug-likeness (QED) is 0.683. The van der Waals surface area contributed by atoms with Crippen molar-refractivity contribution in [2.45, 2.75) is 32.1 Å². The van der Waals surface area contributed by atoms with E-state index in [1.165, 1.54) is 24.3 Å². The molecule has 28 heavy (non-hydrogen) atoms. The minimum Gasteiger partial charge on any atom is -0.322 e. The van der Waals surface area contributed by atoms with Crippen molar-refractivity contribution in [2.75, 3.05) is 5.32 Å². The molecule has 2 amide bonds. The first kappa shape index (κ1) is 19.6. The Bertz CT molecular complexity index is 1160. The van der Waals surface area contributed by atoms with Gasteiger partial charge in [-0.2, -0.15) is 0 Å². The Balaban J connectivity index is 1.80. The molecule has 1 aromatic carbocycles. The minimum absolute atomic E-state index is 0.0664. The summed E-state index contributed by atoms with van der Waals surface area (Å²) in [5.41, 5.74) is 3.63. The molecule has 8 nitrogen and oxygen atoms in total. The average molecular weight is 400 g/mol. The van der Waals surface area contributed by atoms with Crippen LogP contribution in [0.1, 0.15) is 35.6 Å². The second-order valence-electron chi connectivity index (χ2n) is 6.28. The fourth-order valence-corrected chi connectivity index (χ4v) is 3.84. The Labute approximate surface area is 162 Å². The van der Waals surface area contributed by atoms with Gasteiger partial charge in [0.25, 0.3) is 15.9 Å². The van der Waals surface area contributed by atoms with Gasteiger partial charge in [0.1, 0.15) is 5.65 Å². The molecular weight excluding hydrogens is 380 g/mol. The maximum absolute atomic E-state index is 12.6. The first-order valence-corrected chi connectivity index (χ1v) is 10.1. The summed E-state index contributed by atoms with van der Waals surface area (Å²) in [6.07, 6.45) is 2.53. The summed E-state index contributed by atoms with van der Waals surface area (Å²) < 4.78 is 27.7. The van der Waals surface area contributed by atoms with E-state index in [1.54, 1.807) is 18.3 Å². The number of carbonyl (C=O) groups excluding carboxylic acids is 2. The molecule has 0 bridgehead atoms. The Kier molecular flexibility index (Phi) is 5.19. The Hall–Kier alpha value is -3.20. The van der Waals surface area contributed by atoms with Crippen LogP contribution in [0.3, 0.4) is 0 Å². The number of hydrogen-bond acceptors (Lipinski definition) is 5. The van der Waals surface area contributed by atoms with Crippen LogP contribution in [-0.4, -0.2) is 29.6 Å². The number of sulfonamides is 1. The third-order valence-electron chi connectivity index (χ3n) is 4.25. The summed E-state index contributed by atoms with van der Waals surface area (Å²) in [6.45, 7) is 5.10. The second-order valence-corrected chi connectivity index (χ2v) is 7.97. The molecule has 0 aliphatic heterocycles. The molecule has 0 fully saturated rings. The van der Waals surface area contributed by atoms with Crippen molar-refractivity contribution in [3.63, 3.8) is 0 Å². The molecule has 0 unspecified atom stereocenters. The molecule has 146 valence electrons. The molecule has 0 saturated heterocycles. The number of nitrogens with zero attached hydrogens (tertiary/aromatic N) is 2. The summed E-state index contributed by atoms with van der Waals surface area (Å²) >= 11 is 0. The highest BCUT2D eigenvalue weighted by molar-refractivity contribution is 7.90. The predicted molar refractivity (Wildman–Crippen MR) is 105 cm³/mol. The van der Waals surface area contributed by atoms with Crippen molar-refractivity contribution in [1.29, 1.82) is 0 Å². The zero-order valence-corrected chi connectivity index (χ0v) is 16.5. The molecule has 2 aromatic heterocycles. The molecule has 3 aromatic rings. The van der Waals surface area contributed by atoms with E-state index in [0.29, 0.717) is 11.3 Å². The number of aryl methyl sites for hydroxylation is 2. The topological polar surface area (TPSA) is 110 Å². The lowest BCUT2D eigenvalue weighted by Crippen LogP contribution is -2.28. The summed E-state index contributed by atoms with van der Waals surface area (Å²) in [5.74, 6) is -1.00. The van der Waals surface area contributed by atoms with Gasteiger partial charge in [-0.15, -0.1) is 0 Å². The number of anilines is 1. The third kappa shape index (κ3) is 3.89. The number of aromatic nitrogens is 2. The predicted octanol–water partition coefficient (Wildman–Crippen LogP) is 2.28. The van der Waals surface area contributed by atoms with Gasteiger partial charge in [-0.05, 0) is 49.7 Å². The Morgan fingerprint density at radius 3 is 2.39 bits per heavy atom. The average Bonchev–Trinajstić information content (AvgIpc) is 2.96. The van der Waals surface area contributed by atoms with Crippen molar-refractivity contribution in [3.8, 4) is 0 Å². The van der Waals surface area contributed by atoms with Gasteiger partial charge in [-0.1, -0.05) is 6.92 Å². The van der Waals surface area contributed by atoms with Crippen LogP contribution in [0.25, 0.3) is 5.65 Å². The molecule has 2 N–H and O–H groups in total. The van der Waals surface area contributed by atoms with Gasteiger partial charge in [0.2, 0.25) is 5.91 Å². The minimum atomic E-state index is -3.91. The number of carbonyl (C=O) groups is 2. The van der Waals surface area contributed by atoms with E-state index in [-0.39, 0.29) is 10.8 Å². The highest BCUT2D eigenvalue weighted by Gasteiger charge is 2.16. The van der Waals surface area contributed by atoms with E-state index >= 15 is 0 Å². The molecule has 9 heteroatoms. The van der Waals surface area contributed by atoms with Crippen molar-refractivity contribution >= 4 is 33.2 Å². The maximum Gasteiger partial charge on any atom is 0.264 e. The number of hydrogen-bond donors (Lipinski definition) is 2. The number of amides is 2. The second kappa shape index (κ2) is 7.43. The van der Waals surface area contributed by atoms with Crippen LogP contribution >= 0.6 is 0 Å². The smallest absolute Gasteiger partial charge is 0.264 e. The van der Waals surface area contributed by atoms with Crippen LogP contribution in [0.5, 0.6) is 0 Å². The lowest BCUT2D eigenvalue weighted by molar-refractivity contribution is -0.117. The monoisotopic (exact) mass is 400 g/mol. The highest BCUT2D eigenvalue weighted by Crippen LogP contribution is 2.17. The standard InChI is InChI=1S/C19H20N4O4S/c1-4-17-12(2)23-11-14(5-10-18(23)21-17)19(25)20-15-6-8-16(9-7-15)28(26,27)22-13(3)24/h5-11H,4H2,1-3H3,(H,20,25)(H,22,24). The van der Waals surface area contributed by atoms with Crippen LogP contribution in [-0.2, 0) is 21.2 Å². The summed E-state index contributed by atoms with van der Waals surface area (Å²) in [4.78, 5) is 28.0. The zero-order chi connectivity index (χ0) is 20.5. The molecule has 0 aliphatic rings. The molecule has 0 atom stereocenters. The van der Waals surface area contributed by atoms with Crippen LogP contribution in [0.4, 0.5) is 5.69 Å².